The molecule has 0 radical (unpaired) electrons. The summed E-state index contributed by atoms with van der Waals surface area (Å²) < 4.78 is 31.1. The zero-order chi connectivity index (χ0) is 13.1. The molecule has 2 nitrogen and oxygen atoms in total. The fraction of sp³-hybridized carbons (Fsp3) is 0.0714. The van der Waals surface area contributed by atoms with Gasteiger partial charge in [-0.05, 0) is 35.9 Å². The number of hydrogen-bond acceptors (Lipinski definition) is 2. The van der Waals surface area contributed by atoms with Crippen LogP contribution in [0, 0.1) is 23.0 Å². The van der Waals surface area contributed by atoms with Gasteiger partial charge in [-0.25, -0.2) is 8.78 Å². The molecule has 2 aromatic carbocycles. The summed E-state index contributed by atoms with van der Waals surface area (Å²) in [5.74, 6) is -1.31. The summed E-state index contributed by atoms with van der Waals surface area (Å²) in [4.78, 5) is 0. The molecule has 0 atom stereocenters. The Hall–Kier alpha value is -2.41. The van der Waals surface area contributed by atoms with E-state index in [4.69, 9.17) is 10.00 Å². The van der Waals surface area contributed by atoms with Gasteiger partial charge in [-0.1, -0.05) is 6.07 Å². The lowest BCUT2D eigenvalue weighted by atomic mass is 10.00. The third-order valence-corrected chi connectivity index (χ3v) is 2.58. The van der Waals surface area contributed by atoms with Gasteiger partial charge in [0.05, 0.1) is 18.7 Å². The van der Waals surface area contributed by atoms with E-state index in [-0.39, 0.29) is 0 Å². The molecule has 0 amide bonds. The molecule has 0 N–H and O–H groups in total. The standard InChI is InChI=1S/C14H9F2NO/c1-18-11-4-2-10(8-17)12(7-11)9-3-5-13(15)14(16)6-9/h2-7H,1H3. The van der Waals surface area contributed by atoms with Gasteiger partial charge in [0.2, 0.25) is 0 Å². The van der Waals surface area contributed by atoms with Crippen molar-refractivity contribution in [3.05, 3.63) is 53.6 Å². The van der Waals surface area contributed by atoms with Gasteiger partial charge in [-0.15, -0.1) is 0 Å². The second-order valence-corrected chi connectivity index (χ2v) is 3.65. The number of hydrogen-bond donors (Lipinski definition) is 0. The molecule has 0 aliphatic carbocycles. The minimum atomic E-state index is -0.945. The summed E-state index contributed by atoms with van der Waals surface area (Å²) in [7, 11) is 1.50. The van der Waals surface area contributed by atoms with Crippen LogP contribution in [0.25, 0.3) is 11.1 Å². The maximum Gasteiger partial charge on any atom is 0.159 e. The quantitative estimate of drug-likeness (QED) is 0.811. The van der Waals surface area contributed by atoms with Gasteiger partial charge in [-0.3, -0.25) is 0 Å². The van der Waals surface area contributed by atoms with E-state index in [1.54, 1.807) is 18.2 Å². The topological polar surface area (TPSA) is 33.0 Å². The van der Waals surface area contributed by atoms with Gasteiger partial charge >= 0.3 is 0 Å². The fourth-order valence-electron chi connectivity index (χ4n) is 1.65. The molecule has 4 heteroatoms. The number of benzene rings is 2. The van der Waals surface area contributed by atoms with Crippen LogP contribution in [-0.4, -0.2) is 7.11 Å². The average molecular weight is 245 g/mol. The zero-order valence-electron chi connectivity index (χ0n) is 9.58. The largest absolute Gasteiger partial charge is 0.497 e. The lowest BCUT2D eigenvalue weighted by Gasteiger charge is -2.07. The second kappa shape index (κ2) is 4.84. The molecule has 0 saturated carbocycles. The molecule has 90 valence electrons. The Morgan fingerprint density at radius 3 is 2.44 bits per heavy atom. The van der Waals surface area contributed by atoms with Crippen LogP contribution in [0.15, 0.2) is 36.4 Å². The van der Waals surface area contributed by atoms with Gasteiger partial charge < -0.3 is 4.74 Å². The van der Waals surface area contributed by atoms with Crippen molar-refractivity contribution in [2.45, 2.75) is 0 Å². The highest BCUT2D eigenvalue weighted by molar-refractivity contribution is 5.72. The van der Waals surface area contributed by atoms with E-state index >= 15 is 0 Å². The summed E-state index contributed by atoms with van der Waals surface area (Å²) in [6.07, 6.45) is 0. The van der Waals surface area contributed by atoms with Gasteiger partial charge in [0, 0.05) is 5.56 Å². The molecular formula is C14H9F2NO. The van der Waals surface area contributed by atoms with Crippen LogP contribution >= 0.6 is 0 Å². The molecule has 0 spiro atoms. The average Bonchev–Trinajstić information content (AvgIpc) is 2.41. The first-order chi connectivity index (χ1) is 8.65. The minimum absolute atomic E-state index is 0.377. The van der Waals surface area contributed by atoms with E-state index in [0.717, 1.165) is 12.1 Å². The molecule has 2 rings (SSSR count). The van der Waals surface area contributed by atoms with Crippen molar-refractivity contribution in [2.24, 2.45) is 0 Å². The van der Waals surface area contributed by atoms with Crippen LogP contribution in [0.5, 0.6) is 5.75 Å². The lowest BCUT2D eigenvalue weighted by molar-refractivity contribution is 0.415. The third-order valence-electron chi connectivity index (χ3n) is 2.58. The number of methoxy groups -OCH3 is 1. The molecule has 0 unspecified atom stereocenters. The third kappa shape index (κ3) is 2.16. The fourth-order valence-corrected chi connectivity index (χ4v) is 1.65. The van der Waals surface area contributed by atoms with Crippen LogP contribution in [0.4, 0.5) is 8.78 Å². The molecule has 0 bridgehead atoms. The van der Waals surface area contributed by atoms with E-state index < -0.39 is 11.6 Å². The molecule has 0 aliphatic rings. The van der Waals surface area contributed by atoms with Crippen molar-refractivity contribution >= 4 is 0 Å². The summed E-state index contributed by atoms with van der Waals surface area (Å²) in [5.41, 5.74) is 1.32. The summed E-state index contributed by atoms with van der Waals surface area (Å²) in [5, 5.41) is 9.01. The lowest BCUT2D eigenvalue weighted by Crippen LogP contribution is -1.90. The molecule has 2 aromatic rings. The Morgan fingerprint density at radius 2 is 1.83 bits per heavy atom. The number of halogens is 2. The molecule has 0 aliphatic heterocycles. The summed E-state index contributed by atoms with van der Waals surface area (Å²) in [6.45, 7) is 0. The predicted molar refractivity (Wildman–Crippen MR) is 63.1 cm³/mol. The predicted octanol–water partition coefficient (Wildman–Crippen LogP) is 3.51. The molecule has 0 heterocycles. The van der Waals surface area contributed by atoms with Crippen molar-refractivity contribution in [1.29, 1.82) is 5.26 Å². The van der Waals surface area contributed by atoms with Crippen LogP contribution in [-0.2, 0) is 0 Å². The van der Waals surface area contributed by atoms with Crippen molar-refractivity contribution in [2.75, 3.05) is 7.11 Å². The SMILES string of the molecule is COc1ccc(C#N)c(-c2ccc(F)c(F)c2)c1. The van der Waals surface area contributed by atoms with E-state index in [9.17, 15) is 8.78 Å². The van der Waals surface area contributed by atoms with Crippen molar-refractivity contribution in [3.63, 3.8) is 0 Å². The van der Waals surface area contributed by atoms with E-state index in [0.29, 0.717) is 22.4 Å². The van der Waals surface area contributed by atoms with Crippen LogP contribution in [0.1, 0.15) is 5.56 Å². The maximum absolute atomic E-state index is 13.2. The van der Waals surface area contributed by atoms with E-state index in [1.807, 2.05) is 6.07 Å². The van der Waals surface area contributed by atoms with Gasteiger partial charge in [0.1, 0.15) is 5.75 Å². The Balaban J connectivity index is 2.61. The van der Waals surface area contributed by atoms with Crippen LogP contribution in [0.3, 0.4) is 0 Å². The minimum Gasteiger partial charge on any atom is -0.497 e. The highest BCUT2D eigenvalue weighted by atomic mass is 19.2. The van der Waals surface area contributed by atoms with E-state index in [2.05, 4.69) is 0 Å². The number of rotatable bonds is 2. The highest BCUT2D eigenvalue weighted by Gasteiger charge is 2.09. The van der Waals surface area contributed by atoms with Crippen molar-refractivity contribution in [1.82, 2.24) is 0 Å². The summed E-state index contributed by atoms with van der Waals surface area (Å²) in [6, 6.07) is 10.4. The smallest absolute Gasteiger partial charge is 0.159 e. The van der Waals surface area contributed by atoms with Gasteiger partial charge in [-0.2, -0.15) is 5.26 Å². The van der Waals surface area contributed by atoms with Gasteiger partial charge in [0.25, 0.3) is 0 Å². The second-order valence-electron chi connectivity index (χ2n) is 3.65. The molecular weight excluding hydrogens is 236 g/mol. The number of ether oxygens (including phenoxy) is 1. The van der Waals surface area contributed by atoms with Crippen LogP contribution < -0.4 is 4.74 Å². The van der Waals surface area contributed by atoms with Crippen molar-refractivity contribution < 1.29 is 13.5 Å². The first kappa shape index (κ1) is 12.1. The van der Waals surface area contributed by atoms with E-state index in [1.165, 1.54) is 13.2 Å². The number of nitriles is 1. The maximum atomic E-state index is 13.2. The Morgan fingerprint density at radius 1 is 1.06 bits per heavy atom. The first-order valence-electron chi connectivity index (χ1n) is 5.19. The Bertz CT molecular complexity index is 632. The Labute approximate surface area is 103 Å². The molecule has 0 aromatic heterocycles. The highest BCUT2D eigenvalue weighted by Crippen LogP contribution is 2.28. The normalized spacial score (nSPS) is 9.89. The monoisotopic (exact) mass is 245 g/mol. The Kier molecular flexibility index (Phi) is 3.24. The zero-order valence-corrected chi connectivity index (χ0v) is 9.58. The number of nitrogens with zero attached hydrogens (tertiary/aromatic N) is 1. The van der Waals surface area contributed by atoms with Crippen LogP contribution in [0.2, 0.25) is 0 Å². The molecule has 18 heavy (non-hydrogen) atoms. The summed E-state index contributed by atoms with van der Waals surface area (Å²) >= 11 is 0. The first-order valence-corrected chi connectivity index (χ1v) is 5.19. The molecule has 0 fully saturated rings. The van der Waals surface area contributed by atoms with Crippen molar-refractivity contribution in [3.8, 4) is 22.9 Å². The molecule has 0 saturated heterocycles. The van der Waals surface area contributed by atoms with Gasteiger partial charge in [0.15, 0.2) is 11.6 Å².